The van der Waals surface area contributed by atoms with Crippen molar-refractivity contribution in [1.82, 2.24) is 14.5 Å². The van der Waals surface area contributed by atoms with Crippen LogP contribution in [0.4, 0.5) is 5.82 Å². The lowest BCUT2D eigenvalue weighted by Crippen LogP contribution is -2.33. The number of anilines is 1. The van der Waals surface area contributed by atoms with E-state index in [2.05, 4.69) is 27.8 Å². The number of fused-ring (bicyclic) bond motifs is 1. The van der Waals surface area contributed by atoms with Crippen molar-refractivity contribution in [3.8, 4) is 0 Å². The number of rotatable bonds is 9. The molecule has 3 rings (SSSR count). The number of hydrogen-bond donors (Lipinski definition) is 6. The molecule has 0 saturated carbocycles. The summed E-state index contributed by atoms with van der Waals surface area (Å²) in [6.07, 6.45) is -2.69. The molecule has 1 saturated heterocycles. The van der Waals surface area contributed by atoms with Crippen LogP contribution >= 0.6 is 23.9 Å². The third-order valence-corrected chi connectivity index (χ3v) is 7.84. The number of hydrogen-bond acceptors (Lipinski definition) is 14. The summed E-state index contributed by atoms with van der Waals surface area (Å²) in [6, 6.07) is 0. The van der Waals surface area contributed by atoms with Crippen molar-refractivity contribution in [2.75, 3.05) is 12.3 Å². The number of nitrogen functional groups attached to an aromatic ring is 1. The van der Waals surface area contributed by atoms with E-state index in [4.69, 9.17) is 20.6 Å². The lowest BCUT2D eigenvalue weighted by Gasteiger charge is -2.17. The molecule has 2 aromatic heterocycles. The zero-order chi connectivity index (χ0) is 23.8. The third kappa shape index (κ3) is 5.38. The van der Waals surface area contributed by atoms with Crippen LogP contribution in [0.15, 0.2) is 12.5 Å². The molecule has 178 valence electrons. The van der Waals surface area contributed by atoms with Gasteiger partial charge in [-0.1, -0.05) is 0 Å². The maximum atomic E-state index is 11.7. The van der Waals surface area contributed by atoms with Gasteiger partial charge in [-0.2, -0.15) is 4.31 Å². The summed E-state index contributed by atoms with van der Waals surface area (Å²) in [5.41, 5.74) is 6.84. The Kier molecular flexibility index (Phi) is 7.44. The molecular formula is C12H18N4O13P3+. The number of ether oxygens (including phenoxy) is 1. The van der Waals surface area contributed by atoms with E-state index in [9.17, 15) is 28.8 Å². The molecule has 0 spiro atoms. The molecule has 3 unspecified atom stereocenters. The minimum atomic E-state index is -5.45. The molecule has 20 heteroatoms. The van der Waals surface area contributed by atoms with Gasteiger partial charge in [0.05, 0.1) is 5.39 Å². The fourth-order valence-corrected chi connectivity index (χ4v) is 5.67. The summed E-state index contributed by atoms with van der Waals surface area (Å²) >= 11 is 0. The second kappa shape index (κ2) is 9.44. The Morgan fingerprint density at radius 3 is 2.59 bits per heavy atom. The second-order valence-corrected chi connectivity index (χ2v) is 10.5. The molecule has 1 aliphatic heterocycles. The lowest BCUT2D eigenvalue weighted by molar-refractivity contribution is -0.157. The number of aliphatic hydroxyl groups excluding tert-OH is 2. The molecule has 3 heterocycles. The predicted molar refractivity (Wildman–Crippen MR) is 102 cm³/mol. The fraction of sp³-hybridized carbons (Fsp3) is 0.500. The topological polar surface area (TPSA) is 255 Å². The van der Waals surface area contributed by atoms with E-state index in [-0.39, 0.29) is 5.82 Å². The van der Waals surface area contributed by atoms with Gasteiger partial charge in [-0.05, 0) is 16.8 Å². The van der Waals surface area contributed by atoms with Gasteiger partial charge in [-0.3, -0.25) is 4.89 Å². The summed E-state index contributed by atoms with van der Waals surface area (Å²) in [6.45, 7) is 1.02. The smallest absolute Gasteiger partial charge is 0.387 e. The van der Waals surface area contributed by atoms with Gasteiger partial charge < -0.3 is 30.1 Å². The zero-order valence-corrected chi connectivity index (χ0v) is 18.6. The Labute approximate surface area is 179 Å². The van der Waals surface area contributed by atoms with Gasteiger partial charge in [0, 0.05) is 10.8 Å². The van der Waals surface area contributed by atoms with E-state index in [1.807, 2.05) is 0 Å². The average molecular weight is 519 g/mol. The van der Waals surface area contributed by atoms with Crippen LogP contribution in [0.2, 0.25) is 0 Å². The molecule has 0 aromatic carbocycles. The van der Waals surface area contributed by atoms with Crippen LogP contribution in [0.25, 0.3) is 11.0 Å². The van der Waals surface area contributed by atoms with Crippen molar-refractivity contribution in [3.63, 3.8) is 0 Å². The molecular weight excluding hydrogens is 501 g/mol. The van der Waals surface area contributed by atoms with Gasteiger partial charge in [-0.25, -0.2) is 24.4 Å². The summed E-state index contributed by atoms with van der Waals surface area (Å²) in [7, 11) is -14.3. The van der Waals surface area contributed by atoms with Crippen LogP contribution < -0.4 is 5.73 Å². The first-order valence-electron chi connectivity index (χ1n) is 8.44. The van der Waals surface area contributed by atoms with Crippen LogP contribution in [0.5, 0.6) is 0 Å². The van der Waals surface area contributed by atoms with Crippen LogP contribution in [-0.2, 0) is 36.3 Å². The highest BCUT2D eigenvalue weighted by Gasteiger charge is 2.48. The number of aryl methyl sites for hydroxylation is 1. The molecule has 17 nitrogen and oxygen atoms in total. The number of nitrogens with zero attached hydrogens (tertiary/aromatic N) is 3. The highest BCUT2D eigenvalue weighted by atomic mass is 31.3. The molecule has 1 fully saturated rings. The Morgan fingerprint density at radius 2 is 1.94 bits per heavy atom. The molecule has 7 atom stereocenters. The minimum Gasteiger partial charge on any atom is -0.387 e. The van der Waals surface area contributed by atoms with Gasteiger partial charge in [0.1, 0.15) is 42.7 Å². The van der Waals surface area contributed by atoms with Crippen molar-refractivity contribution >= 4 is 40.8 Å². The Morgan fingerprint density at radius 1 is 1.25 bits per heavy atom. The molecule has 0 bridgehead atoms. The molecule has 7 N–H and O–H groups in total. The number of phosphoric acid groups is 2. The van der Waals surface area contributed by atoms with E-state index < -0.39 is 55.0 Å². The van der Waals surface area contributed by atoms with Gasteiger partial charge in [0.15, 0.2) is 6.23 Å². The second-order valence-electron chi connectivity index (χ2n) is 6.42. The van der Waals surface area contributed by atoms with E-state index in [0.717, 1.165) is 0 Å². The SMILES string of the molecule is Cc1cn([C@@H]2O[C@H](CO[P+](=O)OP(=O)(O)OP(=O)(O)OO)[C@@H](O)[C@H]2O)c2ncnc(N)c12. The monoisotopic (exact) mass is 519 g/mol. The van der Waals surface area contributed by atoms with Crippen LogP contribution in [-0.4, -0.2) is 64.7 Å². The lowest BCUT2D eigenvalue weighted by atomic mass is 10.1. The van der Waals surface area contributed by atoms with Crippen LogP contribution in [0, 0.1) is 6.92 Å². The van der Waals surface area contributed by atoms with E-state index in [1.165, 1.54) is 10.9 Å². The van der Waals surface area contributed by atoms with Crippen LogP contribution in [0.1, 0.15) is 11.8 Å². The quantitative estimate of drug-likeness (QED) is 0.148. The third-order valence-electron chi connectivity index (χ3n) is 4.26. The number of nitrogens with two attached hydrogens (primary N) is 1. The Hall–Kier alpha value is -1.42. The first kappa shape index (κ1) is 25.2. The predicted octanol–water partition coefficient (Wildman–Crippen LogP) is 0.339. The highest BCUT2D eigenvalue weighted by molar-refractivity contribution is 7.64. The van der Waals surface area contributed by atoms with Crippen molar-refractivity contribution in [1.29, 1.82) is 0 Å². The largest absolute Gasteiger partial charge is 0.708 e. The first-order valence-corrected chi connectivity index (χ1v) is 12.5. The average Bonchev–Trinajstić information content (AvgIpc) is 3.17. The summed E-state index contributed by atoms with van der Waals surface area (Å²) in [4.78, 5) is 26.0. The maximum absolute atomic E-state index is 11.7. The van der Waals surface area contributed by atoms with Crippen molar-refractivity contribution in [2.45, 2.75) is 31.5 Å². The number of aliphatic hydroxyl groups is 2. The Balaban J connectivity index is 1.66. The van der Waals surface area contributed by atoms with Gasteiger partial charge in [-0.15, -0.1) is 9.20 Å². The summed E-state index contributed by atoms with van der Waals surface area (Å²) < 4.78 is 56.3. The molecule has 0 radical (unpaired) electrons. The fourth-order valence-electron chi connectivity index (χ4n) is 2.99. The minimum absolute atomic E-state index is 0.197. The Bertz CT molecular complexity index is 1110. The highest BCUT2D eigenvalue weighted by Crippen LogP contribution is 2.63. The normalized spacial score (nSPS) is 27.9. The van der Waals surface area contributed by atoms with Gasteiger partial charge in [0.25, 0.3) is 0 Å². The van der Waals surface area contributed by atoms with Crippen molar-refractivity contribution in [3.05, 3.63) is 18.1 Å². The molecule has 0 amide bonds. The number of aromatic nitrogens is 3. The molecule has 2 aromatic rings. The van der Waals surface area contributed by atoms with Gasteiger partial charge >= 0.3 is 23.9 Å². The molecule has 0 aliphatic carbocycles. The van der Waals surface area contributed by atoms with Crippen LogP contribution in [0.3, 0.4) is 0 Å². The van der Waals surface area contributed by atoms with Gasteiger partial charge in [0.2, 0.25) is 0 Å². The first-order chi connectivity index (χ1) is 14.8. The van der Waals surface area contributed by atoms with E-state index >= 15 is 0 Å². The maximum Gasteiger partial charge on any atom is 0.708 e. The zero-order valence-electron chi connectivity index (χ0n) is 15.9. The van der Waals surface area contributed by atoms with Crippen molar-refractivity contribution in [2.24, 2.45) is 0 Å². The molecule has 32 heavy (non-hydrogen) atoms. The van der Waals surface area contributed by atoms with E-state index in [0.29, 0.717) is 16.6 Å². The van der Waals surface area contributed by atoms with Crippen molar-refractivity contribution < 1.29 is 61.5 Å². The molecule has 1 aliphatic rings. The van der Waals surface area contributed by atoms with E-state index in [1.54, 1.807) is 13.1 Å². The summed E-state index contributed by atoms with van der Waals surface area (Å²) in [5, 5.41) is 29.2. The standard InChI is InChI=1S/C12H17N4O13P3/c1-5-2-16(11-7(5)10(13)14-4-15-11)12-9(18)8(17)6(26-12)3-25-30(20)28-32(23,24)29-31(21,22)27-19/h2,4,6,8-9,12,17-18H,3H2,1H3,(H4-,13,14,15,19,21,22,23,24)/p+1/t6-,8-,9-,12-/m1/s1. The summed E-state index contributed by atoms with van der Waals surface area (Å²) in [5.74, 6) is 0.197.